The van der Waals surface area contributed by atoms with E-state index in [0.29, 0.717) is 5.13 Å². The van der Waals surface area contributed by atoms with Gasteiger partial charge >= 0.3 is 0 Å². The molecular weight excluding hydrogens is 267 g/mol. The van der Waals surface area contributed by atoms with Gasteiger partial charge in [-0.15, -0.1) is 0 Å². The molecular formula is C10H8Cl2N2OS. The lowest BCUT2D eigenvalue weighted by molar-refractivity contribution is -0.114. The van der Waals surface area contributed by atoms with E-state index < -0.39 is 10.7 Å². The third kappa shape index (κ3) is 2.29. The van der Waals surface area contributed by atoms with Gasteiger partial charge in [-0.25, -0.2) is 4.98 Å². The van der Waals surface area contributed by atoms with E-state index in [1.807, 2.05) is 25.1 Å². The molecule has 0 aliphatic rings. The van der Waals surface area contributed by atoms with E-state index in [2.05, 4.69) is 10.3 Å². The Bertz CT molecular complexity index is 539. The van der Waals surface area contributed by atoms with Crippen LogP contribution >= 0.6 is 34.5 Å². The third-order valence-electron chi connectivity index (χ3n) is 2.05. The van der Waals surface area contributed by atoms with Crippen molar-refractivity contribution in [2.45, 2.75) is 11.8 Å². The first-order valence-corrected chi connectivity index (χ1v) is 6.22. The maximum atomic E-state index is 11.3. The average molecular weight is 275 g/mol. The summed E-state index contributed by atoms with van der Waals surface area (Å²) in [5.74, 6) is -0.458. The molecule has 3 nitrogen and oxygen atoms in total. The Morgan fingerprint density at radius 3 is 2.88 bits per heavy atom. The molecule has 0 aliphatic heterocycles. The molecule has 0 atom stereocenters. The van der Waals surface area contributed by atoms with Gasteiger partial charge in [0.1, 0.15) is 0 Å². The number of carbonyl (C=O) groups is 1. The highest BCUT2D eigenvalue weighted by Crippen LogP contribution is 2.28. The first kappa shape index (κ1) is 11.6. The number of anilines is 1. The number of para-hydroxylation sites is 1. The highest BCUT2D eigenvalue weighted by Gasteiger charge is 2.14. The standard InChI is InChI=1S/C10H8Cl2N2OS/c1-5-3-2-4-6-7(5)13-10(16-6)14-9(15)8(11)12/h2-4,8H,1H3,(H,13,14,15). The second kappa shape index (κ2) is 4.57. The summed E-state index contributed by atoms with van der Waals surface area (Å²) < 4.78 is 1.02. The van der Waals surface area contributed by atoms with Gasteiger partial charge in [-0.3, -0.25) is 10.1 Å². The molecule has 0 spiro atoms. The number of halogens is 2. The van der Waals surface area contributed by atoms with Gasteiger partial charge in [-0.05, 0) is 18.6 Å². The lowest BCUT2D eigenvalue weighted by Crippen LogP contribution is -2.18. The number of rotatable bonds is 2. The van der Waals surface area contributed by atoms with Crippen LogP contribution in [0.4, 0.5) is 5.13 Å². The molecule has 0 unspecified atom stereocenters. The first-order chi connectivity index (χ1) is 7.58. The van der Waals surface area contributed by atoms with Crippen LogP contribution in [0, 0.1) is 6.92 Å². The summed E-state index contributed by atoms with van der Waals surface area (Å²) in [6, 6.07) is 5.88. The molecule has 1 aromatic heterocycles. The van der Waals surface area contributed by atoms with Crippen LogP contribution < -0.4 is 5.32 Å². The van der Waals surface area contributed by atoms with E-state index in [4.69, 9.17) is 23.2 Å². The third-order valence-corrected chi connectivity index (χ3v) is 3.38. The number of benzene rings is 1. The van der Waals surface area contributed by atoms with Gasteiger partial charge in [0, 0.05) is 0 Å². The van der Waals surface area contributed by atoms with E-state index in [1.54, 1.807) is 0 Å². The SMILES string of the molecule is Cc1cccc2sc(NC(=O)C(Cl)Cl)nc12. The number of amides is 1. The van der Waals surface area contributed by atoms with Crippen LogP contribution in [-0.2, 0) is 4.79 Å². The molecule has 0 fully saturated rings. The summed E-state index contributed by atoms with van der Waals surface area (Å²) in [5, 5.41) is 3.08. The summed E-state index contributed by atoms with van der Waals surface area (Å²) >= 11 is 12.3. The molecule has 84 valence electrons. The highest BCUT2D eigenvalue weighted by atomic mass is 35.5. The molecule has 2 rings (SSSR count). The zero-order valence-corrected chi connectivity index (χ0v) is 10.7. The zero-order valence-electron chi connectivity index (χ0n) is 8.33. The van der Waals surface area contributed by atoms with E-state index in [1.165, 1.54) is 11.3 Å². The summed E-state index contributed by atoms with van der Waals surface area (Å²) in [4.78, 5) is 14.5. The Labute approximate surface area is 106 Å². The number of alkyl halides is 2. The van der Waals surface area contributed by atoms with E-state index in [0.717, 1.165) is 15.8 Å². The van der Waals surface area contributed by atoms with Crippen molar-refractivity contribution in [2.24, 2.45) is 0 Å². The minimum Gasteiger partial charge on any atom is -0.300 e. The topological polar surface area (TPSA) is 42.0 Å². The van der Waals surface area contributed by atoms with Gasteiger partial charge in [-0.1, -0.05) is 46.7 Å². The summed E-state index contributed by atoms with van der Waals surface area (Å²) in [6.07, 6.45) is 0. The molecule has 1 N–H and O–H groups in total. The number of hydrogen-bond donors (Lipinski definition) is 1. The van der Waals surface area contributed by atoms with Crippen molar-refractivity contribution in [3.8, 4) is 0 Å². The molecule has 0 saturated heterocycles. The van der Waals surface area contributed by atoms with Gasteiger partial charge in [0.05, 0.1) is 10.2 Å². The lowest BCUT2D eigenvalue weighted by atomic mass is 10.2. The van der Waals surface area contributed by atoms with E-state index >= 15 is 0 Å². The smallest absolute Gasteiger partial charge is 0.259 e. The predicted octanol–water partition coefficient (Wildman–Crippen LogP) is 3.35. The van der Waals surface area contributed by atoms with Crippen molar-refractivity contribution in [3.63, 3.8) is 0 Å². The fourth-order valence-corrected chi connectivity index (χ4v) is 2.36. The number of thiazole rings is 1. The molecule has 1 amide bonds. The summed E-state index contributed by atoms with van der Waals surface area (Å²) in [7, 11) is 0. The largest absolute Gasteiger partial charge is 0.300 e. The Hall–Kier alpha value is -0.840. The van der Waals surface area contributed by atoms with Crippen LogP contribution in [0.3, 0.4) is 0 Å². The Balaban J connectivity index is 2.33. The maximum Gasteiger partial charge on any atom is 0.259 e. The fourth-order valence-electron chi connectivity index (χ4n) is 1.30. The van der Waals surface area contributed by atoms with Crippen LogP contribution in [0.25, 0.3) is 10.2 Å². The molecule has 1 heterocycles. The van der Waals surface area contributed by atoms with Crippen molar-refractivity contribution < 1.29 is 4.79 Å². The maximum absolute atomic E-state index is 11.3. The van der Waals surface area contributed by atoms with Crippen molar-refractivity contribution in [3.05, 3.63) is 23.8 Å². The van der Waals surface area contributed by atoms with Crippen LogP contribution in [0.15, 0.2) is 18.2 Å². The van der Waals surface area contributed by atoms with Crippen LogP contribution in [0.1, 0.15) is 5.56 Å². The number of hydrogen-bond acceptors (Lipinski definition) is 3. The van der Waals surface area contributed by atoms with Crippen molar-refractivity contribution in [2.75, 3.05) is 5.32 Å². The Morgan fingerprint density at radius 2 is 2.25 bits per heavy atom. The minimum atomic E-state index is -1.08. The number of carbonyl (C=O) groups excluding carboxylic acids is 1. The quantitative estimate of drug-likeness (QED) is 0.854. The molecule has 6 heteroatoms. The van der Waals surface area contributed by atoms with Crippen LogP contribution in [0.5, 0.6) is 0 Å². The van der Waals surface area contributed by atoms with Gasteiger partial charge in [-0.2, -0.15) is 0 Å². The van der Waals surface area contributed by atoms with Crippen molar-refractivity contribution >= 4 is 55.8 Å². The minimum absolute atomic E-state index is 0.458. The molecule has 0 aliphatic carbocycles. The number of aromatic nitrogens is 1. The number of nitrogens with one attached hydrogen (secondary N) is 1. The van der Waals surface area contributed by atoms with Crippen molar-refractivity contribution in [1.82, 2.24) is 4.98 Å². The van der Waals surface area contributed by atoms with Gasteiger partial charge in [0.2, 0.25) is 0 Å². The van der Waals surface area contributed by atoms with Gasteiger partial charge in [0.15, 0.2) is 9.97 Å². The van der Waals surface area contributed by atoms with Gasteiger partial charge in [0.25, 0.3) is 5.91 Å². The molecule has 0 radical (unpaired) electrons. The molecule has 0 saturated carbocycles. The molecule has 16 heavy (non-hydrogen) atoms. The second-order valence-electron chi connectivity index (χ2n) is 3.23. The average Bonchev–Trinajstić information content (AvgIpc) is 2.61. The van der Waals surface area contributed by atoms with E-state index in [-0.39, 0.29) is 0 Å². The fraction of sp³-hybridized carbons (Fsp3) is 0.200. The van der Waals surface area contributed by atoms with Crippen LogP contribution in [-0.4, -0.2) is 15.7 Å². The number of aryl methyl sites for hydroxylation is 1. The number of fused-ring (bicyclic) bond motifs is 1. The lowest BCUT2D eigenvalue weighted by Gasteiger charge is -1.99. The number of nitrogens with zero attached hydrogens (tertiary/aromatic N) is 1. The molecule has 2 aromatic rings. The summed E-state index contributed by atoms with van der Waals surface area (Å²) in [6.45, 7) is 1.97. The second-order valence-corrected chi connectivity index (χ2v) is 5.36. The normalized spacial score (nSPS) is 11.0. The van der Waals surface area contributed by atoms with E-state index in [9.17, 15) is 4.79 Å². The van der Waals surface area contributed by atoms with Crippen LogP contribution in [0.2, 0.25) is 0 Å². The van der Waals surface area contributed by atoms with Gasteiger partial charge < -0.3 is 0 Å². The van der Waals surface area contributed by atoms with Crippen molar-refractivity contribution in [1.29, 1.82) is 0 Å². The first-order valence-electron chi connectivity index (χ1n) is 4.53. The highest BCUT2D eigenvalue weighted by molar-refractivity contribution is 7.22. The molecule has 1 aromatic carbocycles. The Morgan fingerprint density at radius 1 is 1.50 bits per heavy atom. The molecule has 0 bridgehead atoms. The monoisotopic (exact) mass is 274 g/mol. The zero-order chi connectivity index (χ0) is 11.7. The summed E-state index contributed by atoms with van der Waals surface area (Å²) in [5.41, 5.74) is 1.96. The predicted molar refractivity (Wildman–Crippen MR) is 68.5 cm³/mol. The Kier molecular flexibility index (Phi) is 3.33.